The van der Waals surface area contributed by atoms with E-state index >= 15 is 0 Å². The van der Waals surface area contributed by atoms with Gasteiger partial charge in [-0.05, 0) is 84.5 Å². The molecule has 2 aromatic rings. The SMILES string of the molecule is CC(C)Cc1ccc(NC(=S)NCCN(CCNC(=S)Nc2ccc(CC(C)C)cc2)CCNC(=S)C(C)C)cc1. The number of thiocarbonyl (C=S) groups is 3. The Morgan fingerprint density at radius 1 is 0.585 bits per heavy atom. The molecule has 2 rings (SSSR count). The van der Waals surface area contributed by atoms with Gasteiger partial charge in [-0.2, -0.15) is 0 Å². The molecule has 9 heteroatoms. The van der Waals surface area contributed by atoms with Crippen molar-refractivity contribution in [1.29, 1.82) is 0 Å². The molecule has 0 aromatic heterocycles. The Morgan fingerprint density at radius 3 is 1.29 bits per heavy atom. The molecule has 0 aliphatic heterocycles. The van der Waals surface area contributed by atoms with Gasteiger partial charge in [0.25, 0.3) is 0 Å². The third-order valence-electron chi connectivity index (χ3n) is 6.39. The van der Waals surface area contributed by atoms with Crippen molar-refractivity contribution in [1.82, 2.24) is 20.9 Å². The lowest BCUT2D eigenvalue weighted by Gasteiger charge is -2.24. The predicted molar refractivity (Wildman–Crippen MR) is 190 cm³/mol. The van der Waals surface area contributed by atoms with Gasteiger partial charge >= 0.3 is 0 Å². The minimum atomic E-state index is 0.340. The van der Waals surface area contributed by atoms with Crippen LogP contribution in [0.1, 0.15) is 52.7 Å². The summed E-state index contributed by atoms with van der Waals surface area (Å²) in [5, 5.41) is 17.9. The van der Waals surface area contributed by atoms with E-state index in [0.29, 0.717) is 28.0 Å². The summed E-state index contributed by atoms with van der Waals surface area (Å²) >= 11 is 16.5. The number of anilines is 2. The molecule has 0 heterocycles. The Balaban J connectivity index is 1.79. The second kappa shape index (κ2) is 19.0. The summed E-state index contributed by atoms with van der Waals surface area (Å²) in [6, 6.07) is 17.0. The summed E-state index contributed by atoms with van der Waals surface area (Å²) in [5.41, 5.74) is 4.68. The van der Waals surface area contributed by atoms with Crippen LogP contribution in [0, 0.1) is 17.8 Å². The first-order valence-electron chi connectivity index (χ1n) is 14.8. The molecular formula is C32H50N6S3. The van der Waals surface area contributed by atoms with Gasteiger partial charge in [0.1, 0.15) is 0 Å². The predicted octanol–water partition coefficient (Wildman–Crippen LogP) is 6.23. The number of nitrogens with one attached hydrogen (secondary N) is 5. The summed E-state index contributed by atoms with van der Waals surface area (Å²) < 4.78 is 0. The molecule has 0 fully saturated rings. The second-order valence-corrected chi connectivity index (χ2v) is 12.9. The monoisotopic (exact) mass is 614 g/mol. The normalized spacial score (nSPS) is 11.2. The standard InChI is InChI=1S/C32H50N6S3/c1-23(2)21-26-7-11-28(12-8-26)36-31(40)34-16-19-38(18-15-33-30(39)25(5)6)20-17-35-32(41)37-29-13-9-27(10-14-29)22-24(3)4/h7-14,23-25H,15-22H2,1-6H3,(H,33,39)(H2,34,36,40)(H2,35,37,41). The first kappa shape index (κ1) is 34.9. The lowest BCUT2D eigenvalue weighted by Crippen LogP contribution is -2.44. The fraction of sp³-hybridized carbons (Fsp3) is 0.531. The Kier molecular flexibility index (Phi) is 16.1. The van der Waals surface area contributed by atoms with Gasteiger partial charge in [-0.15, -0.1) is 0 Å². The Morgan fingerprint density at radius 2 is 0.951 bits per heavy atom. The van der Waals surface area contributed by atoms with Crippen LogP contribution in [-0.4, -0.2) is 59.4 Å². The topological polar surface area (TPSA) is 63.4 Å². The van der Waals surface area contributed by atoms with Crippen LogP contribution in [0.5, 0.6) is 0 Å². The first-order valence-corrected chi connectivity index (χ1v) is 16.0. The number of hydrogen-bond acceptors (Lipinski definition) is 4. The molecular weight excluding hydrogens is 565 g/mol. The molecule has 0 aliphatic carbocycles. The molecule has 0 spiro atoms. The largest absolute Gasteiger partial charge is 0.378 e. The van der Waals surface area contributed by atoms with E-state index in [4.69, 9.17) is 36.7 Å². The van der Waals surface area contributed by atoms with Crippen molar-refractivity contribution in [3.63, 3.8) is 0 Å². The molecule has 0 amide bonds. The van der Waals surface area contributed by atoms with Crippen molar-refractivity contribution in [3.05, 3.63) is 59.7 Å². The smallest absolute Gasteiger partial charge is 0.170 e. The minimum absolute atomic E-state index is 0.340. The molecule has 0 radical (unpaired) electrons. The van der Waals surface area contributed by atoms with Gasteiger partial charge in [0, 0.05) is 56.6 Å². The lowest BCUT2D eigenvalue weighted by molar-refractivity contribution is 0.286. The third kappa shape index (κ3) is 15.5. The summed E-state index contributed by atoms with van der Waals surface area (Å²) in [6.45, 7) is 18.0. The lowest BCUT2D eigenvalue weighted by atomic mass is 10.0. The van der Waals surface area contributed by atoms with Crippen LogP contribution in [0.4, 0.5) is 11.4 Å². The van der Waals surface area contributed by atoms with E-state index in [0.717, 1.165) is 68.5 Å². The van der Waals surface area contributed by atoms with E-state index in [9.17, 15) is 0 Å². The number of rotatable bonds is 16. The molecule has 0 unspecified atom stereocenters. The molecule has 226 valence electrons. The van der Waals surface area contributed by atoms with Crippen molar-refractivity contribution >= 4 is 63.2 Å². The highest BCUT2D eigenvalue weighted by Crippen LogP contribution is 2.14. The van der Waals surface area contributed by atoms with E-state index in [-0.39, 0.29) is 0 Å². The molecule has 0 saturated heterocycles. The van der Waals surface area contributed by atoms with Gasteiger partial charge in [-0.1, -0.05) is 78.0 Å². The average Bonchev–Trinajstić information content (AvgIpc) is 2.90. The summed E-state index contributed by atoms with van der Waals surface area (Å²) in [5.74, 6) is 1.63. The third-order valence-corrected chi connectivity index (χ3v) is 7.50. The Bertz CT molecular complexity index is 994. The summed E-state index contributed by atoms with van der Waals surface area (Å²) in [4.78, 5) is 3.28. The molecule has 6 nitrogen and oxygen atoms in total. The van der Waals surface area contributed by atoms with Gasteiger partial charge in [0.15, 0.2) is 10.2 Å². The quantitative estimate of drug-likeness (QED) is 0.142. The highest BCUT2D eigenvalue weighted by molar-refractivity contribution is 7.80. The number of nitrogens with zero attached hydrogens (tertiary/aromatic N) is 1. The summed E-state index contributed by atoms with van der Waals surface area (Å²) in [6.07, 6.45) is 2.16. The Labute approximate surface area is 264 Å². The van der Waals surface area contributed by atoms with Crippen LogP contribution in [0.15, 0.2) is 48.5 Å². The highest BCUT2D eigenvalue weighted by Gasteiger charge is 2.08. The second-order valence-electron chi connectivity index (χ2n) is 11.6. The molecule has 0 bridgehead atoms. The Hall–Kier alpha value is -2.33. The average molecular weight is 615 g/mol. The highest BCUT2D eigenvalue weighted by atomic mass is 32.1. The van der Waals surface area contributed by atoms with Crippen molar-refractivity contribution in [2.75, 3.05) is 49.9 Å². The van der Waals surface area contributed by atoms with Crippen LogP contribution in [0.2, 0.25) is 0 Å². The minimum Gasteiger partial charge on any atom is -0.378 e. The van der Waals surface area contributed by atoms with Gasteiger partial charge in [-0.25, -0.2) is 0 Å². The van der Waals surface area contributed by atoms with Crippen molar-refractivity contribution < 1.29 is 0 Å². The van der Waals surface area contributed by atoms with Crippen molar-refractivity contribution in [2.45, 2.75) is 54.4 Å². The maximum atomic E-state index is 5.55. The van der Waals surface area contributed by atoms with Gasteiger partial charge in [0.2, 0.25) is 0 Å². The maximum absolute atomic E-state index is 5.55. The fourth-order valence-electron chi connectivity index (χ4n) is 4.27. The van der Waals surface area contributed by atoms with Gasteiger partial charge in [-0.3, -0.25) is 4.90 Å². The molecule has 2 aromatic carbocycles. The van der Waals surface area contributed by atoms with E-state index in [1.165, 1.54) is 11.1 Å². The van der Waals surface area contributed by atoms with E-state index in [2.05, 4.69) is 122 Å². The fourth-order valence-corrected chi connectivity index (χ4v) is 4.82. The summed E-state index contributed by atoms with van der Waals surface area (Å²) in [7, 11) is 0. The van der Waals surface area contributed by atoms with Crippen molar-refractivity contribution in [3.8, 4) is 0 Å². The van der Waals surface area contributed by atoms with Crippen LogP contribution >= 0.6 is 36.7 Å². The van der Waals surface area contributed by atoms with Crippen LogP contribution < -0.4 is 26.6 Å². The molecule has 0 atom stereocenters. The number of hydrogen-bond donors (Lipinski definition) is 5. The van der Waals surface area contributed by atoms with Crippen LogP contribution in [0.25, 0.3) is 0 Å². The zero-order valence-corrected chi connectivity index (χ0v) is 28.1. The molecule has 5 N–H and O–H groups in total. The van der Waals surface area contributed by atoms with Crippen LogP contribution in [0.3, 0.4) is 0 Å². The zero-order chi connectivity index (χ0) is 30.2. The van der Waals surface area contributed by atoms with Crippen LogP contribution in [-0.2, 0) is 12.8 Å². The molecule has 41 heavy (non-hydrogen) atoms. The van der Waals surface area contributed by atoms with E-state index < -0.39 is 0 Å². The van der Waals surface area contributed by atoms with Gasteiger partial charge in [0.05, 0.1) is 4.99 Å². The molecule has 0 aliphatic rings. The zero-order valence-electron chi connectivity index (χ0n) is 25.7. The van der Waals surface area contributed by atoms with Crippen molar-refractivity contribution in [2.24, 2.45) is 17.8 Å². The van der Waals surface area contributed by atoms with E-state index in [1.54, 1.807) is 0 Å². The number of benzene rings is 2. The van der Waals surface area contributed by atoms with Gasteiger partial charge < -0.3 is 26.6 Å². The maximum Gasteiger partial charge on any atom is 0.170 e. The molecule has 0 saturated carbocycles. The van der Waals surface area contributed by atoms with E-state index in [1.807, 2.05) is 0 Å². The first-order chi connectivity index (χ1) is 19.5.